The van der Waals surface area contributed by atoms with Gasteiger partial charge in [-0.3, -0.25) is 4.79 Å². The zero-order valence-electron chi connectivity index (χ0n) is 16.9. The van der Waals surface area contributed by atoms with Crippen molar-refractivity contribution < 1.29 is 13.6 Å². The molecule has 3 aromatic rings. The Labute approximate surface area is 174 Å². The molecule has 0 unspecified atom stereocenters. The highest BCUT2D eigenvalue weighted by Crippen LogP contribution is 2.27. The third-order valence-electron chi connectivity index (χ3n) is 5.85. The maximum atomic E-state index is 13.3. The first kappa shape index (κ1) is 20.3. The van der Waals surface area contributed by atoms with Gasteiger partial charge < -0.3 is 10.6 Å². The summed E-state index contributed by atoms with van der Waals surface area (Å²) in [5, 5.41) is 7.58. The molecule has 4 nitrogen and oxygen atoms in total. The molecule has 0 saturated heterocycles. The minimum atomic E-state index is -1.01. The van der Waals surface area contributed by atoms with Gasteiger partial charge in [0.05, 0.1) is 5.52 Å². The fourth-order valence-electron chi connectivity index (χ4n) is 4.12. The summed E-state index contributed by atoms with van der Waals surface area (Å²) in [6.07, 6.45) is 3.98. The van der Waals surface area contributed by atoms with E-state index in [2.05, 4.69) is 29.7 Å². The average molecular weight is 409 g/mol. The summed E-state index contributed by atoms with van der Waals surface area (Å²) < 4.78 is 26.3. The van der Waals surface area contributed by atoms with Crippen molar-refractivity contribution in [2.45, 2.75) is 38.6 Å². The number of carbonyl (C=O) groups excluding carboxylic acids is 1. The van der Waals surface area contributed by atoms with Gasteiger partial charge in [0.15, 0.2) is 11.6 Å². The van der Waals surface area contributed by atoms with Crippen LogP contribution in [0.2, 0.25) is 0 Å². The third-order valence-corrected chi connectivity index (χ3v) is 5.85. The van der Waals surface area contributed by atoms with Crippen molar-refractivity contribution in [1.29, 1.82) is 0 Å². The van der Waals surface area contributed by atoms with Gasteiger partial charge in [-0.25, -0.2) is 13.8 Å². The van der Waals surface area contributed by atoms with E-state index < -0.39 is 11.6 Å². The fraction of sp³-hybridized carbons (Fsp3) is 0.333. The Hall–Kier alpha value is -3.02. The number of carbonyl (C=O) groups is 1. The first-order valence-corrected chi connectivity index (χ1v) is 10.4. The molecule has 1 aliphatic carbocycles. The van der Waals surface area contributed by atoms with E-state index >= 15 is 0 Å². The maximum absolute atomic E-state index is 13.3. The molecule has 1 heterocycles. The second-order valence-electron chi connectivity index (χ2n) is 8.04. The van der Waals surface area contributed by atoms with Gasteiger partial charge in [0.25, 0.3) is 5.91 Å². The number of anilines is 1. The van der Waals surface area contributed by atoms with Crippen molar-refractivity contribution in [1.82, 2.24) is 10.3 Å². The zero-order valence-corrected chi connectivity index (χ0v) is 16.9. The molecule has 1 aromatic heterocycles. The lowest BCUT2D eigenvalue weighted by molar-refractivity contribution is 0.0942. The largest absolute Gasteiger partial charge is 0.367 e. The van der Waals surface area contributed by atoms with E-state index in [1.807, 2.05) is 18.2 Å². The molecule has 6 heteroatoms. The van der Waals surface area contributed by atoms with Crippen molar-refractivity contribution in [3.05, 3.63) is 71.3 Å². The molecular formula is C24H25F2N3O. The Balaban J connectivity index is 1.28. The van der Waals surface area contributed by atoms with Crippen molar-refractivity contribution in [2.75, 3.05) is 11.9 Å². The topological polar surface area (TPSA) is 54.0 Å². The summed E-state index contributed by atoms with van der Waals surface area (Å²) in [7, 11) is 0. The standard InChI is InChI=1S/C24H25F2N3O/c1-15-12-23(29-22-5-3-2-4-19(15)22)28-18-9-6-16(7-10-18)14-27-24(30)17-8-11-20(25)21(26)13-17/h2-5,8,11-13,16,18H,6-7,9-10,14H2,1H3,(H,27,30)(H,28,29). The highest BCUT2D eigenvalue weighted by Gasteiger charge is 2.22. The van der Waals surface area contributed by atoms with Crippen LogP contribution in [0.25, 0.3) is 10.9 Å². The minimum absolute atomic E-state index is 0.141. The normalized spacial score (nSPS) is 18.9. The second kappa shape index (κ2) is 8.78. The van der Waals surface area contributed by atoms with Crippen molar-refractivity contribution in [2.24, 2.45) is 5.92 Å². The van der Waals surface area contributed by atoms with Gasteiger partial charge >= 0.3 is 0 Å². The molecule has 1 amide bonds. The number of nitrogens with one attached hydrogen (secondary N) is 2. The van der Waals surface area contributed by atoms with Crippen LogP contribution in [0.4, 0.5) is 14.6 Å². The molecule has 0 aliphatic heterocycles. The van der Waals surface area contributed by atoms with E-state index in [1.54, 1.807) is 0 Å². The summed E-state index contributed by atoms with van der Waals surface area (Å²) in [4.78, 5) is 16.9. The van der Waals surface area contributed by atoms with E-state index in [9.17, 15) is 13.6 Å². The highest BCUT2D eigenvalue weighted by molar-refractivity contribution is 5.94. The van der Waals surface area contributed by atoms with Crippen LogP contribution < -0.4 is 10.6 Å². The molecule has 1 aliphatic rings. The smallest absolute Gasteiger partial charge is 0.251 e. The van der Waals surface area contributed by atoms with E-state index in [4.69, 9.17) is 4.98 Å². The number of hydrogen-bond acceptors (Lipinski definition) is 3. The lowest BCUT2D eigenvalue weighted by Crippen LogP contribution is -2.34. The summed E-state index contributed by atoms with van der Waals surface area (Å²) in [6.45, 7) is 2.64. The third kappa shape index (κ3) is 4.58. The van der Waals surface area contributed by atoms with Crippen LogP contribution in [0, 0.1) is 24.5 Å². The van der Waals surface area contributed by atoms with Crippen LogP contribution in [0.3, 0.4) is 0 Å². The summed E-state index contributed by atoms with van der Waals surface area (Å²) >= 11 is 0. The van der Waals surface area contributed by atoms with Gasteiger partial charge in [-0.1, -0.05) is 18.2 Å². The van der Waals surface area contributed by atoms with E-state index in [-0.39, 0.29) is 11.5 Å². The quantitative estimate of drug-likeness (QED) is 0.607. The first-order chi connectivity index (χ1) is 14.5. The number of aromatic nitrogens is 1. The van der Waals surface area contributed by atoms with Gasteiger partial charge in [0, 0.05) is 23.5 Å². The first-order valence-electron chi connectivity index (χ1n) is 10.4. The number of amides is 1. The minimum Gasteiger partial charge on any atom is -0.367 e. The monoisotopic (exact) mass is 409 g/mol. The predicted octanol–water partition coefficient (Wildman–Crippen LogP) is 5.22. The zero-order chi connectivity index (χ0) is 21.1. The lowest BCUT2D eigenvalue weighted by Gasteiger charge is -2.29. The van der Waals surface area contributed by atoms with Crippen molar-refractivity contribution in [3.8, 4) is 0 Å². The molecule has 156 valence electrons. The SMILES string of the molecule is Cc1cc(NC2CCC(CNC(=O)c3ccc(F)c(F)c3)CC2)nc2ccccc12. The molecule has 0 bridgehead atoms. The number of halogens is 2. The van der Waals surface area contributed by atoms with Crippen LogP contribution in [-0.4, -0.2) is 23.5 Å². The Morgan fingerprint density at radius 1 is 1.03 bits per heavy atom. The number of pyridine rings is 1. The average Bonchev–Trinajstić information content (AvgIpc) is 2.75. The Morgan fingerprint density at radius 2 is 1.80 bits per heavy atom. The van der Waals surface area contributed by atoms with Crippen LogP contribution >= 0.6 is 0 Å². The molecule has 1 saturated carbocycles. The summed E-state index contributed by atoms with van der Waals surface area (Å²) in [5.41, 5.74) is 2.34. The molecule has 30 heavy (non-hydrogen) atoms. The number of hydrogen-bond donors (Lipinski definition) is 2. The Kier molecular flexibility index (Phi) is 5.93. The van der Waals surface area contributed by atoms with Gasteiger partial charge in [0.2, 0.25) is 0 Å². The number of para-hydroxylation sites is 1. The number of benzene rings is 2. The van der Waals surface area contributed by atoms with Gasteiger partial charge in [0.1, 0.15) is 5.82 Å². The number of nitrogens with zero attached hydrogens (tertiary/aromatic N) is 1. The van der Waals surface area contributed by atoms with Crippen LogP contribution in [-0.2, 0) is 0 Å². The Morgan fingerprint density at radius 3 is 2.57 bits per heavy atom. The van der Waals surface area contributed by atoms with Gasteiger partial charge in [-0.15, -0.1) is 0 Å². The van der Waals surface area contributed by atoms with Crippen molar-refractivity contribution in [3.63, 3.8) is 0 Å². The van der Waals surface area contributed by atoms with E-state index in [0.29, 0.717) is 18.5 Å². The Bertz CT molecular complexity index is 1060. The summed E-state index contributed by atoms with van der Waals surface area (Å²) in [5.74, 6) is -1.05. The molecule has 4 rings (SSSR count). The molecule has 2 N–H and O–H groups in total. The second-order valence-corrected chi connectivity index (χ2v) is 8.04. The molecule has 2 aromatic carbocycles. The predicted molar refractivity (Wildman–Crippen MR) is 115 cm³/mol. The number of fused-ring (bicyclic) bond motifs is 1. The van der Waals surface area contributed by atoms with E-state index in [1.165, 1.54) is 17.0 Å². The molecule has 0 spiro atoms. The summed E-state index contributed by atoms with van der Waals surface area (Å²) in [6, 6.07) is 13.8. The molecule has 1 fully saturated rings. The fourth-order valence-corrected chi connectivity index (χ4v) is 4.12. The maximum Gasteiger partial charge on any atom is 0.251 e. The molecule has 0 atom stereocenters. The number of aryl methyl sites for hydroxylation is 1. The highest BCUT2D eigenvalue weighted by atomic mass is 19.2. The van der Waals surface area contributed by atoms with Crippen LogP contribution in [0.5, 0.6) is 0 Å². The van der Waals surface area contributed by atoms with Crippen molar-refractivity contribution >= 4 is 22.6 Å². The number of rotatable bonds is 5. The van der Waals surface area contributed by atoms with E-state index in [0.717, 1.165) is 49.2 Å². The lowest BCUT2D eigenvalue weighted by atomic mass is 9.86. The molecular weight excluding hydrogens is 384 g/mol. The van der Waals surface area contributed by atoms with Gasteiger partial charge in [-0.2, -0.15) is 0 Å². The van der Waals surface area contributed by atoms with Crippen LogP contribution in [0.1, 0.15) is 41.6 Å². The molecule has 0 radical (unpaired) electrons. The van der Waals surface area contributed by atoms with Gasteiger partial charge in [-0.05, 0) is 74.4 Å². The van der Waals surface area contributed by atoms with Crippen LogP contribution in [0.15, 0.2) is 48.5 Å².